The Morgan fingerprint density at radius 1 is 1.25 bits per heavy atom. The van der Waals surface area contributed by atoms with Crippen LogP contribution in [0.25, 0.3) is 0 Å². The Morgan fingerprint density at radius 3 is 2.65 bits per heavy atom. The van der Waals surface area contributed by atoms with Crippen molar-refractivity contribution in [1.29, 1.82) is 0 Å². The molecule has 0 radical (unpaired) electrons. The summed E-state index contributed by atoms with van der Waals surface area (Å²) in [6.07, 6.45) is 3.23. The van der Waals surface area contributed by atoms with Crippen molar-refractivity contribution < 1.29 is 4.74 Å². The van der Waals surface area contributed by atoms with Crippen LogP contribution in [0, 0.1) is 0 Å². The van der Waals surface area contributed by atoms with Gasteiger partial charge in [-0.25, -0.2) is 15.0 Å². The zero-order valence-corrected chi connectivity index (χ0v) is 12.5. The van der Waals surface area contributed by atoms with Crippen LogP contribution in [-0.2, 0) is 6.54 Å². The van der Waals surface area contributed by atoms with Gasteiger partial charge in [-0.05, 0) is 11.5 Å². The van der Waals surface area contributed by atoms with Crippen molar-refractivity contribution in [2.24, 2.45) is 0 Å². The largest absolute Gasteiger partial charge is 0.481 e. The van der Waals surface area contributed by atoms with E-state index in [0.29, 0.717) is 17.6 Å². The average Bonchev–Trinajstić information content (AvgIpc) is 2.45. The molecular weight excluding hydrogens is 276 g/mol. The van der Waals surface area contributed by atoms with Gasteiger partial charge in [-0.15, -0.1) is 0 Å². The number of aromatic nitrogens is 3. The fourth-order valence-corrected chi connectivity index (χ4v) is 2.20. The zero-order chi connectivity index (χ0) is 14.5. The standard InChI is InChI=1S/C14H17ClN4O/c1-9(2)12-13(15)18-8-19-14(12)17-7-10-4-5-11(20-3)16-6-10/h4-6,8-9H,7H2,1-3H3,(H,17,18,19). The summed E-state index contributed by atoms with van der Waals surface area (Å²) in [6.45, 7) is 4.74. The average molecular weight is 293 g/mol. The Hall–Kier alpha value is -1.88. The summed E-state index contributed by atoms with van der Waals surface area (Å²) < 4.78 is 5.03. The number of hydrogen-bond acceptors (Lipinski definition) is 5. The number of rotatable bonds is 5. The second kappa shape index (κ2) is 6.52. The van der Waals surface area contributed by atoms with Crippen molar-refractivity contribution in [3.05, 3.63) is 40.9 Å². The predicted molar refractivity (Wildman–Crippen MR) is 79.2 cm³/mol. The van der Waals surface area contributed by atoms with E-state index in [0.717, 1.165) is 16.9 Å². The minimum absolute atomic E-state index is 0.250. The zero-order valence-electron chi connectivity index (χ0n) is 11.7. The van der Waals surface area contributed by atoms with Gasteiger partial charge in [0, 0.05) is 24.4 Å². The maximum absolute atomic E-state index is 6.13. The first-order chi connectivity index (χ1) is 9.61. The molecule has 2 aromatic heterocycles. The summed E-state index contributed by atoms with van der Waals surface area (Å²) in [6, 6.07) is 3.78. The summed E-state index contributed by atoms with van der Waals surface area (Å²) >= 11 is 6.13. The number of anilines is 1. The van der Waals surface area contributed by atoms with Crippen LogP contribution in [0.3, 0.4) is 0 Å². The molecule has 0 atom stereocenters. The van der Waals surface area contributed by atoms with E-state index in [1.165, 1.54) is 6.33 Å². The van der Waals surface area contributed by atoms with Gasteiger partial charge in [-0.3, -0.25) is 0 Å². The van der Waals surface area contributed by atoms with E-state index < -0.39 is 0 Å². The number of ether oxygens (including phenoxy) is 1. The van der Waals surface area contributed by atoms with Crippen molar-refractivity contribution in [3.8, 4) is 5.88 Å². The summed E-state index contributed by atoms with van der Waals surface area (Å²) in [5, 5.41) is 3.76. The lowest BCUT2D eigenvalue weighted by Crippen LogP contribution is -2.07. The highest BCUT2D eigenvalue weighted by Crippen LogP contribution is 2.28. The lowest BCUT2D eigenvalue weighted by molar-refractivity contribution is 0.397. The van der Waals surface area contributed by atoms with Gasteiger partial charge in [0.2, 0.25) is 5.88 Å². The van der Waals surface area contributed by atoms with Crippen LogP contribution in [0.5, 0.6) is 5.88 Å². The van der Waals surface area contributed by atoms with Gasteiger partial charge in [0.25, 0.3) is 0 Å². The number of halogens is 1. The van der Waals surface area contributed by atoms with Gasteiger partial charge in [-0.1, -0.05) is 31.5 Å². The van der Waals surface area contributed by atoms with Crippen LogP contribution in [0.15, 0.2) is 24.7 Å². The molecule has 5 nitrogen and oxygen atoms in total. The van der Waals surface area contributed by atoms with E-state index in [1.54, 1.807) is 13.3 Å². The van der Waals surface area contributed by atoms with Crippen LogP contribution in [0.2, 0.25) is 5.15 Å². The van der Waals surface area contributed by atoms with E-state index in [1.807, 2.05) is 12.1 Å². The Kier molecular flexibility index (Phi) is 4.74. The van der Waals surface area contributed by atoms with Gasteiger partial charge in [-0.2, -0.15) is 0 Å². The molecule has 0 aliphatic heterocycles. The van der Waals surface area contributed by atoms with Crippen molar-refractivity contribution in [1.82, 2.24) is 15.0 Å². The first kappa shape index (κ1) is 14.5. The fraction of sp³-hybridized carbons (Fsp3) is 0.357. The molecule has 1 N–H and O–H groups in total. The monoisotopic (exact) mass is 292 g/mol. The Labute approximate surface area is 123 Å². The van der Waals surface area contributed by atoms with Crippen molar-refractivity contribution >= 4 is 17.4 Å². The number of pyridine rings is 1. The number of nitrogens with zero attached hydrogens (tertiary/aromatic N) is 3. The maximum Gasteiger partial charge on any atom is 0.212 e. The van der Waals surface area contributed by atoms with Crippen LogP contribution >= 0.6 is 11.6 Å². The second-order valence-electron chi connectivity index (χ2n) is 4.64. The second-order valence-corrected chi connectivity index (χ2v) is 5.00. The SMILES string of the molecule is COc1ccc(CNc2ncnc(Cl)c2C(C)C)cn1. The van der Waals surface area contributed by atoms with Crippen LogP contribution in [0.1, 0.15) is 30.9 Å². The molecule has 2 heterocycles. The summed E-state index contributed by atoms with van der Waals surface area (Å²) in [7, 11) is 1.60. The molecule has 0 saturated carbocycles. The predicted octanol–water partition coefficient (Wildman–Crippen LogP) is 3.27. The maximum atomic E-state index is 6.13. The van der Waals surface area contributed by atoms with Gasteiger partial charge >= 0.3 is 0 Å². The molecule has 2 aromatic rings. The summed E-state index contributed by atoms with van der Waals surface area (Å²) in [5.41, 5.74) is 1.96. The van der Waals surface area contributed by atoms with Crippen molar-refractivity contribution in [2.75, 3.05) is 12.4 Å². The first-order valence-electron chi connectivity index (χ1n) is 6.35. The van der Waals surface area contributed by atoms with Crippen LogP contribution < -0.4 is 10.1 Å². The van der Waals surface area contributed by atoms with E-state index in [4.69, 9.17) is 16.3 Å². The molecule has 0 bridgehead atoms. The fourth-order valence-electron chi connectivity index (χ4n) is 1.85. The molecule has 0 aromatic carbocycles. The van der Waals surface area contributed by atoms with Crippen molar-refractivity contribution in [2.45, 2.75) is 26.3 Å². The van der Waals surface area contributed by atoms with E-state index in [-0.39, 0.29) is 5.92 Å². The number of nitrogens with one attached hydrogen (secondary N) is 1. The summed E-state index contributed by atoms with van der Waals surface area (Å²) in [4.78, 5) is 12.4. The minimum atomic E-state index is 0.250. The Bertz CT molecular complexity index is 572. The molecule has 0 unspecified atom stereocenters. The highest BCUT2D eigenvalue weighted by Gasteiger charge is 2.13. The molecule has 20 heavy (non-hydrogen) atoms. The van der Waals surface area contributed by atoms with Crippen LogP contribution in [0.4, 0.5) is 5.82 Å². The number of methoxy groups -OCH3 is 1. The van der Waals surface area contributed by atoms with Gasteiger partial charge in [0.05, 0.1) is 7.11 Å². The van der Waals surface area contributed by atoms with Gasteiger partial charge < -0.3 is 10.1 Å². The molecule has 0 aliphatic carbocycles. The molecule has 0 saturated heterocycles. The first-order valence-corrected chi connectivity index (χ1v) is 6.72. The lowest BCUT2D eigenvalue weighted by Gasteiger charge is -2.14. The molecule has 0 spiro atoms. The van der Waals surface area contributed by atoms with E-state index >= 15 is 0 Å². The molecule has 0 fully saturated rings. The molecule has 106 valence electrons. The molecule has 6 heteroatoms. The van der Waals surface area contributed by atoms with Gasteiger partial charge in [0.15, 0.2) is 0 Å². The van der Waals surface area contributed by atoms with E-state index in [2.05, 4.69) is 34.1 Å². The third kappa shape index (κ3) is 3.36. The van der Waals surface area contributed by atoms with E-state index in [9.17, 15) is 0 Å². The highest BCUT2D eigenvalue weighted by atomic mass is 35.5. The van der Waals surface area contributed by atoms with Gasteiger partial charge in [0.1, 0.15) is 17.3 Å². The summed E-state index contributed by atoms with van der Waals surface area (Å²) in [5.74, 6) is 1.61. The minimum Gasteiger partial charge on any atom is -0.481 e. The topological polar surface area (TPSA) is 59.9 Å². The molecule has 2 rings (SSSR count). The molecule has 0 aliphatic rings. The van der Waals surface area contributed by atoms with Crippen LogP contribution in [-0.4, -0.2) is 22.1 Å². The molecular formula is C14H17ClN4O. The highest BCUT2D eigenvalue weighted by molar-refractivity contribution is 6.30. The lowest BCUT2D eigenvalue weighted by atomic mass is 10.1. The smallest absolute Gasteiger partial charge is 0.212 e. The number of hydrogen-bond donors (Lipinski definition) is 1. The van der Waals surface area contributed by atoms with Crippen molar-refractivity contribution in [3.63, 3.8) is 0 Å². The Balaban J connectivity index is 2.12. The molecule has 0 amide bonds. The Morgan fingerprint density at radius 2 is 2.05 bits per heavy atom. The third-order valence-corrected chi connectivity index (χ3v) is 3.18. The third-order valence-electron chi connectivity index (χ3n) is 2.88. The quantitative estimate of drug-likeness (QED) is 0.857. The normalized spacial score (nSPS) is 10.7.